The van der Waals surface area contributed by atoms with Crippen molar-refractivity contribution in [3.8, 4) is 5.75 Å². The summed E-state index contributed by atoms with van der Waals surface area (Å²) in [6.07, 6.45) is 3.59. The Labute approximate surface area is 143 Å². The van der Waals surface area contributed by atoms with Crippen molar-refractivity contribution >= 4 is 17.2 Å². The lowest BCUT2D eigenvalue weighted by molar-refractivity contribution is 0.102. The van der Waals surface area contributed by atoms with Crippen LogP contribution >= 0.6 is 0 Å². The molecule has 3 aromatic rings. The van der Waals surface area contributed by atoms with Gasteiger partial charge >= 0.3 is 0 Å². The maximum Gasteiger partial charge on any atom is 0.272 e. The number of nitrogens with one attached hydrogen (secondary N) is 2. The standard InChI is InChI=1S/C18H18N4O3/c1-2-25-13-7-5-12(6-8-13)20-18(24)14-10-19-22-16(23)9-15(11-3-4-11)21-17(14)22/h5-11,19H,2-4H2,1H3,(H,20,24). The van der Waals surface area contributed by atoms with Crippen molar-refractivity contribution < 1.29 is 9.53 Å². The molecule has 1 aromatic carbocycles. The SMILES string of the molecule is CCOc1ccc(NC(=O)c2c[nH]n3c(=O)cc(C4CC4)nc23)cc1. The summed E-state index contributed by atoms with van der Waals surface area (Å²) < 4.78 is 6.68. The highest BCUT2D eigenvalue weighted by Crippen LogP contribution is 2.38. The fourth-order valence-corrected chi connectivity index (χ4v) is 2.75. The van der Waals surface area contributed by atoms with Gasteiger partial charge in [0.25, 0.3) is 11.5 Å². The van der Waals surface area contributed by atoms with Gasteiger partial charge in [0.05, 0.1) is 12.3 Å². The van der Waals surface area contributed by atoms with E-state index in [1.165, 1.54) is 16.8 Å². The summed E-state index contributed by atoms with van der Waals surface area (Å²) in [5.74, 6) is 0.771. The van der Waals surface area contributed by atoms with Crippen LogP contribution in [0, 0.1) is 0 Å². The third-order valence-corrected chi connectivity index (χ3v) is 4.18. The van der Waals surface area contributed by atoms with Crippen LogP contribution in [0.15, 0.2) is 41.3 Å². The van der Waals surface area contributed by atoms with Crippen LogP contribution in [0.2, 0.25) is 0 Å². The number of fused-ring (bicyclic) bond motifs is 1. The molecule has 4 rings (SSSR count). The van der Waals surface area contributed by atoms with Crippen LogP contribution < -0.4 is 15.6 Å². The molecule has 0 atom stereocenters. The molecule has 1 aliphatic rings. The van der Waals surface area contributed by atoms with Gasteiger partial charge in [-0.15, -0.1) is 0 Å². The summed E-state index contributed by atoms with van der Waals surface area (Å²) in [7, 11) is 0. The van der Waals surface area contributed by atoms with Crippen LogP contribution in [0.4, 0.5) is 5.69 Å². The van der Waals surface area contributed by atoms with Crippen molar-refractivity contribution in [3.05, 3.63) is 58.1 Å². The van der Waals surface area contributed by atoms with Crippen molar-refractivity contribution in [2.24, 2.45) is 0 Å². The lowest BCUT2D eigenvalue weighted by atomic mass is 10.2. The number of aromatic nitrogens is 3. The molecule has 2 N–H and O–H groups in total. The van der Waals surface area contributed by atoms with Gasteiger partial charge in [0.15, 0.2) is 5.65 Å². The zero-order valence-electron chi connectivity index (χ0n) is 13.8. The molecule has 0 bridgehead atoms. The Morgan fingerprint density at radius 1 is 1.36 bits per heavy atom. The highest BCUT2D eigenvalue weighted by Gasteiger charge is 2.27. The number of ether oxygens (including phenoxy) is 1. The molecule has 2 heterocycles. The number of carbonyl (C=O) groups is 1. The molecular weight excluding hydrogens is 320 g/mol. The van der Waals surface area contributed by atoms with E-state index in [4.69, 9.17) is 4.74 Å². The molecule has 1 aliphatic carbocycles. The van der Waals surface area contributed by atoms with Gasteiger partial charge in [-0.3, -0.25) is 14.7 Å². The van der Waals surface area contributed by atoms with Crippen LogP contribution in [0.3, 0.4) is 0 Å². The van der Waals surface area contributed by atoms with Crippen LogP contribution in [-0.2, 0) is 0 Å². The average molecular weight is 338 g/mol. The number of nitrogens with zero attached hydrogens (tertiary/aromatic N) is 2. The van der Waals surface area contributed by atoms with Crippen LogP contribution in [0.1, 0.15) is 41.7 Å². The molecule has 0 radical (unpaired) electrons. The number of anilines is 1. The van der Waals surface area contributed by atoms with Crippen LogP contribution in [0.5, 0.6) is 5.75 Å². The normalized spacial score (nSPS) is 13.8. The number of amides is 1. The summed E-state index contributed by atoms with van der Waals surface area (Å²) in [6, 6.07) is 8.67. The predicted molar refractivity (Wildman–Crippen MR) is 93.4 cm³/mol. The molecule has 0 saturated heterocycles. The van der Waals surface area contributed by atoms with E-state index in [0.717, 1.165) is 24.3 Å². The first kappa shape index (κ1) is 15.4. The van der Waals surface area contributed by atoms with Crippen molar-refractivity contribution in [1.29, 1.82) is 0 Å². The van der Waals surface area contributed by atoms with E-state index in [1.54, 1.807) is 24.3 Å². The number of hydrogen-bond donors (Lipinski definition) is 2. The quantitative estimate of drug-likeness (QED) is 0.748. The zero-order valence-corrected chi connectivity index (χ0v) is 13.8. The van der Waals surface area contributed by atoms with Gasteiger partial charge in [-0.1, -0.05) is 0 Å². The van der Waals surface area contributed by atoms with E-state index in [0.29, 0.717) is 29.4 Å². The Bertz CT molecular complexity index is 984. The fourth-order valence-electron chi connectivity index (χ4n) is 2.75. The van der Waals surface area contributed by atoms with Gasteiger partial charge in [0, 0.05) is 23.9 Å². The second kappa shape index (κ2) is 6.08. The smallest absolute Gasteiger partial charge is 0.272 e. The zero-order chi connectivity index (χ0) is 17.4. The van der Waals surface area contributed by atoms with Gasteiger partial charge in [-0.25, -0.2) is 9.50 Å². The van der Waals surface area contributed by atoms with E-state index in [-0.39, 0.29) is 11.5 Å². The lowest BCUT2D eigenvalue weighted by Gasteiger charge is -2.06. The van der Waals surface area contributed by atoms with Gasteiger partial charge in [0.2, 0.25) is 0 Å². The second-order valence-corrected chi connectivity index (χ2v) is 6.05. The maximum atomic E-state index is 12.6. The van der Waals surface area contributed by atoms with Crippen molar-refractivity contribution in [2.45, 2.75) is 25.7 Å². The highest BCUT2D eigenvalue weighted by molar-refractivity contribution is 6.08. The summed E-state index contributed by atoms with van der Waals surface area (Å²) in [5, 5.41) is 5.62. The molecule has 7 nitrogen and oxygen atoms in total. The number of benzene rings is 1. The number of hydrogen-bond acceptors (Lipinski definition) is 4. The molecule has 0 aliphatic heterocycles. The van der Waals surface area contributed by atoms with Crippen molar-refractivity contribution in [2.75, 3.05) is 11.9 Å². The molecule has 25 heavy (non-hydrogen) atoms. The summed E-state index contributed by atoms with van der Waals surface area (Å²) >= 11 is 0. The molecule has 1 fully saturated rings. The van der Waals surface area contributed by atoms with E-state index < -0.39 is 0 Å². The number of aromatic amines is 1. The summed E-state index contributed by atoms with van der Waals surface area (Å²) in [4.78, 5) is 29.3. The molecule has 1 saturated carbocycles. The number of carbonyl (C=O) groups excluding carboxylic acids is 1. The molecule has 7 heteroatoms. The molecule has 2 aromatic heterocycles. The minimum Gasteiger partial charge on any atom is -0.494 e. The van der Waals surface area contributed by atoms with Crippen molar-refractivity contribution in [3.63, 3.8) is 0 Å². The topological polar surface area (TPSA) is 88.5 Å². The Hall–Kier alpha value is -3.09. The summed E-state index contributed by atoms with van der Waals surface area (Å²) in [6.45, 7) is 2.50. The van der Waals surface area contributed by atoms with Gasteiger partial charge < -0.3 is 10.1 Å². The molecule has 0 spiro atoms. The molecule has 1 amide bonds. The van der Waals surface area contributed by atoms with E-state index >= 15 is 0 Å². The Morgan fingerprint density at radius 2 is 2.12 bits per heavy atom. The average Bonchev–Trinajstić information content (AvgIpc) is 3.36. The number of H-pyrrole nitrogens is 1. The first-order valence-electron chi connectivity index (χ1n) is 8.31. The second-order valence-electron chi connectivity index (χ2n) is 6.05. The first-order valence-corrected chi connectivity index (χ1v) is 8.31. The summed E-state index contributed by atoms with van der Waals surface area (Å²) in [5.41, 5.74) is 1.91. The predicted octanol–water partition coefficient (Wildman–Crippen LogP) is 2.55. The maximum absolute atomic E-state index is 12.6. The minimum atomic E-state index is -0.317. The Morgan fingerprint density at radius 3 is 2.80 bits per heavy atom. The molecule has 0 unspecified atom stereocenters. The van der Waals surface area contributed by atoms with Gasteiger partial charge in [-0.2, -0.15) is 0 Å². The Balaban J connectivity index is 1.62. The third-order valence-electron chi connectivity index (χ3n) is 4.18. The monoisotopic (exact) mass is 338 g/mol. The van der Waals surface area contributed by atoms with Crippen molar-refractivity contribution in [1.82, 2.24) is 14.6 Å². The van der Waals surface area contributed by atoms with Gasteiger partial charge in [-0.05, 0) is 44.0 Å². The van der Waals surface area contributed by atoms with Gasteiger partial charge in [0.1, 0.15) is 11.3 Å². The Kier molecular flexibility index (Phi) is 3.76. The van der Waals surface area contributed by atoms with Crippen LogP contribution in [0.25, 0.3) is 5.65 Å². The van der Waals surface area contributed by atoms with E-state index in [2.05, 4.69) is 15.4 Å². The van der Waals surface area contributed by atoms with E-state index in [1.807, 2.05) is 6.92 Å². The fraction of sp³-hybridized carbons (Fsp3) is 0.278. The lowest BCUT2D eigenvalue weighted by Crippen LogP contribution is -2.17. The minimum absolute atomic E-state index is 0.202. The van der Waals surface area contributed by atoms with E-state index in [9.17, 15) is 9.59 Å². The molecule has 128 valence electrons. The van der Waals surface area contributed by atoms with Crippen LogP contribution in [-0.4, -0.2) is 27.1 Å². The molecular formula is C18H18N4O3. The highest BCUT2D eigenvalue weighted by atomic mass is 16.5. The largest absolute Gasteiger partial charge is 0.494 e. The third kappa shape index (κ3) is 3.00. The first-order chi connectivity index (χ1) is 12.2. The number of rotatable bonds is 5.